The molecule has 0 saturated carbocycles. The Balaban J connectivity index is 1.90. The van der Waals surface area contributed by atoms with E-state index in [-0.39, 0.29) is 11.5 Å². The number of aromatic hydroxyl groups is 2. The van der Waals surface area contributed by atoms with Crippen LogP contribution in [-0.2, 0) is 0 Å². The van der Waals surface area contributed by atoms with E-state index in [1.54, 1.807) is 18.2 Å². The first-order chi connectivity index (χ1) is 12.3. The van der Waals surface area contributed by atoms with Crippen molar-refractivity contribution < 1.29 is 10.2 Å². The van der Waals surface area contributed by atoms with Crippen molar-refractivity contribution in [3.8, 4) is 11.5 Å². The second-order valence-corrected chi connectivity index (χ2v) is 7.14. The molecule has 0 heterocycles. The molecule has 1 aromatic rings. The topological polar surface area (TPSA) is 40.5 Å². The molecule has 0 radical (unpaired) electrons. The van der Waals surface area contributed by atoms with Crippen LogP contribution in [-0.4, -0.2) is 10.2 Å². The van der Waals surface area contributed by atoms with E-state index in [0.717, 1.165) is 6.42 Å². The van der Waals surface area contributed by atoms with Gasteiger partial charge in [0.2, 0.25) is 0 Å². The van der Waals surface area contributed by atoms with Gasteiger partial charge in [0.15, 0.2) is 0 Å². The van der Waals surface area contributed by atoms with Crippen molar-refractivity contribution in [3.05, 3.63) is 29.8 Å². The fraction of sp³-hybridized carbons (Fsp3) is 0.652. The molecule has 25 heavy (non-hydrogen) atoms. The van der Waals surface area contributed by atoms with Crippen LogP contribution in [0.1, 0.15) is 102 Å². The van der Waals surface area contributed by atoms with Crippen LogP contribution in [0.3, 0.4) is 0 Å². The number of unbranched alkanes of at least 4 members (excludes halogenated alkanes) is 13. The average Bonchev–Trinajstić information content (AvgIpc) is 2.60. The van der Waals surface area contributed by atoms with Gasteiger partial charge in [-0.3, -0.25) is 0 Å². The predicted octanol–water partition coefficient (Wildman–Crippen LogP) is 7.59. The minimum Gasteiger partial charge on any atom is -0.507 e. The largest absolute Gasteiger partial charge is 0.507 e. The molecule has 0 spiro atoms. The zero-order valence-electron chi connectivity index (χ0n) is 16.2. The number of phenols is 2. The van der Waals surface area contributed by atoms with Crippen molar-refractivity contribution in [1.29, 1.82) is 0 Å². The lowest BCUT2D eigenvalue weighted by atomic mass is 10.0. The van der Waals surface area contributed by atoms with Crippen LogP contribution < -0.4 is 0 Å². The van der Waals surface area contributed by atoms with Crippen molar-refractivity contribution in [2.45, 2.75) is 96.8 Å². The molecule has 2 heteroatoms. The summed E-state index contributed by atoms with van der Waals surface area (Å²) >= 11 is 0. The molecular formula is C23H38O2. The highest BCUT2D eigenvalue weighted by molar-refractivity contribution is 5.63. The summed E-state index contributed by atoms with van der Waals surface area (Å²) in [6, 6.07) is 4.85. The third-order valence-electron chi connectivity index (χ3n) is 4.82. The fourth-order valence-electron chi connectivity index (χ4n) is 3.19. The summed E-state index contributed by atoms with van der Waals surface area (Å²) in [4.78, 5) is 0. The second-order valence-electron chi connectivity index (χ2n) is 7.14. The first-order valence-corrected chi connectivity index (χ1v) is 10.4. The van der Waals surface area contributed by atoms with Crippen LogP contribution in [0.2, 0.25) is 0 Å². The van der Waals surface area contributed by atoms with Gasteiger partial charge in [-0.25, -0.2) is 0 Å². The molecule has 0 aliphatic carbocycles. The normalized spacial score (nSPS) is 11.4. The van der Waals surface area contributed by atoms with Crippen LogP contribution in [0, 0.1) is 0 Å². The maximum atomic E-state index is 9.70. The predicted molar refractivity (Wildman–Crippen MR) is 109 cm³/mol. The van der Waals surface area contributed by atoms with Crippen LogP contribution >= 0.6 is 0 Å². The molecule has 1 rings (SSSR count). The van der Waals surface area contributed by atoms with Crippen molar-refractivity contribution in [2.24, 2.45) is 0 Å². The van der Waals surface area contributed by atoms with Gasteiger partial charge < -0.3 is 10.2 Å². The highest BCUT2D eigenvalue weighted by Gasteiger charge is 2.01. The minimum atomic E-state index is 0.140. The number of hydrogen-bond donors (Lipinski definition) is 2. The molecule has 0 aliphatic heterocycles. The number of benzene rings is 1. The number of rotatable bonds is 15. The third kappa shape index (κ3) is 10.9. The molecule has 1 aromatic carbocycles. The highest BCUT2D eigenvalue weighted by atomic mass is 16.3. The Morgan fingerprint density at radius 2 is 1.12 bits per heavy atom. The first-order valence-electron chi connectivity index (χ1n) is 10.4. The minimum absolute atomic E-state index is 0.140. The Hall–Kier alpha value is -1.44. The van der Waals surface area contributed by atoms with Crippen molar-refractivity contribution >= 4 is 6.08 Å². The zero-order valence-corrected chi connectivity index (χ0v) is 16.2. The van der Waals surface area contributed by atoms with Gasteiger partial charge in [0, 0.05) is 0 Å². The number of hydrogen-bond acceptors (Lipinski definition) is 2. The first kappa shape index (κ1) is 21.6. The molecular weight excluding hydrogens is 308 g/mol. The van der Waals surface area contributed by atoms with E-state index in [9.17, 15) is 10.2 Å². The molecule has 0 bridgehead atoms. The van der Waals surface area contributed by atoms with Gasteiger partial charge in [0.25, 0.3) is 0 Å². The van der Waals surface area contributed by atoms with E-state index < -0.39 is 0 Å². The Bertz CT molecular complexity index is 445. The van der Waals surface area contributed by atoms with E-state index in [1.165, 1.54) is 83.5 Å². The summed E-state index contributed by atoms with van der Waals surface area (Å²) in [6.07, 6.45) is 22.7. The maximum absolute atomic E-state index is 9.70. The van der Waals surface area contributed by atoms with E-state index in [4.69, 9.17) is 0 Å². The van der Waals surface area contributed by atoms with Gasteiger partial charge in [0.05, 0.1) is 5.56 Å². The van der Waals surface area contributed by atoms with E-state index in [0.29, 0.717) is 5.56 Å². The molecule has 0 aliphatic rings. The Morgan fingerprint density at radius 1 is 0.680 bits per heavy atom. The average molecular weight is 347 g/mol. The zero-order chi connectivity index (χ0) is 18.2. The van der Waals surface area contributed by atoms with Gasteiger partial charge >= 0.3 is 0 Å². The molecule has 0 unspecified atom stereocenters. The lowest BCUT2D eigenvalue weighted by Gasteiger charge is -2.03. The van der Waals surface area contributed by atoms with Gasteiger partial charge in [-0.05, 0) is 25.0 Å². The summed E-state index contributed by atoms with van der Waals surface area (Å²) in [7, 11) is 0. The Labute approximate surface area is 155 Å². The third-order valence-corrected chi connectivity index (χ3v) is 4.82. The number of allylic oxidation sites excluding steroid dienone is 1. The van der Waals surface area contributed by atoms with E-state index in [2.05, 4.69) is 6.92 Å². The van der Waals surface area contributed by atoms with Crippen LogP contribution in [0.5, 0.6) is 11.5 Å². The molecule has 2 nitrogen and oxygen atoms in total. The molecule has 142 valence electrons. The van der Waals surface area contributed by atoms with Gasteiger partial charge in [-0.1, -0.05) is 102 Å². The molecule has 0 saturated heterocycles. The van der Waals surface area contributed by atoms with E-state index >= 15 is 0 Å². The van der Waals surface area contributed by atoms with Crippen LogP contribution in [0.25, 0.3) is 6.08 Å². The summed E-state index contributed by atoms with van der Waals surface area (Å²) in [5, 5.41) is 19.4. The van der Waals surface area contributed by atoms with E-state index in [1.807, 2.05) is 12.2 Å². The summed E-state index contributed by atoms with van der Waals surface area (Å²) in [5.41, 5.74) is 0.525. The SMILES string of the molecule is CCCCCCCCCCCCCCCC=Cc1c(O)cccc1O. The smallest absolute Gasteiger partial charge is 0.126 e. The van der Waals surface area contributed by atoms with Gasteiger partial charge in [-0.2, -0.15) is 0 Å². The lowest BCUT2D eigenvalue weighted by molar-refractivity contribution is 0.448. The van der Waals surface area contributed by atoms with Crippen molar-refractivity contribution in [3.63, 3.8) is 0 Å². The Kier molecular flexibility index (Phi) is 12.8. The molecule has 0 atom stereocenters. The molecule has 0 aromatic heterocycles. The molecule has 0 amide bonds. The van der Waals surface area contributed by atoms with Gasteiger partial charge in [-0.15, -0.1) is 0 Å². The second kappa shape index (κ2) is 14.9. The molecule has 2 N–H and O–H groups in total. The van der Waals surface area contributed by atoms with Crippen molar-refractivity contribution in [1.82, 2.24) is 0 Å². The highest BCUT2D eigenvalue weighted by Crippen LogP contribution is 2.27. The van der Waals surface area contributed by atoms with Gasteiger partial charge in [0.1, 0.15) is 11.5 Å². The summed E-state index contributed by atoms with van der Waals surface area (Å²) in [6.45, 7) is 2.27. The lowest BCUT2D eigenvalue weighted by Crippen LogP contribution is -1.82. The van der Waals surface area contributed by atoms with Crippen molar-refractivity contribution in [2.75, 3.05) is 0 Å². The fourth-order valence-corrected chi connectivity index (χ4v) is 3.19. The standard InChI is InChI=1S/C23H38O2/c1-2-3-4-5-6-7-8-9-10-11-12-13-14-15-16-18-21-22(24)19-17-20-23(21)25/h16-20,24-25H,2-15H2,1H3. The number of phenolic OH excluding ortho intramolecular Hbond substituents is 2. The quantitative estimate of drug-likeness (QED) is 0.321. The molecule has 0 fully saturated rings. The maximum Gasteiger partial charge on any atom is 0.126 e. The Morgan fingerprint density at radius 3 is 1.60 bits per heavy atom. The monoisotopic (exact) mass is 346 g/mol. The summed E-state index contributed by atoms with van der Waals surface area (Å²) in [5.74, 6) is 0.281. The van der Waals surface area contributed by atoms with Crippen LogP contribution in [0.15, 0.2) is 24.3 Å². The summed E-state index contributed by atoms with van der Waals surface area (Å²) < 4.78 is 0. The van der Waals surface area contributed by atoms with Crippen LogP contribution in [0.4, 0.5) is 0 Å².